The fraction of sp³-hybridized carbons (Fsp3) is 0.400. The largest absolute Gasteiger partial charge is 0.369 e. The van der Waals surface area contributed by atoms with E-state index in [2.05, 4.69) is 5.32 Å². The lowest BCUT2D eigenvalue weighted by Gasteiger charge is -2.32. The number of amides is 2. The molecule has 21 heavy (non-hydrogen) atoms. The summed E-state index contributed by atoms with van der Waals surface area (Å²) in [7, 11) is 0. The molecule has 0 unspecified atom stereocenters. The van der Waals surface area contributed by atoms with E-state index in [1.807, 2.05) is 30.0 Å². The smallest absolute Gasteiger partial charge is 0.257 e. The van der Waals surface area contributed by atoms with E-state index in [0.29, 0.717) is 36.6 Å². The van der Waals surface area contributed by atoms with Crippen molar-refractivity contribution < 1.29 is 9.59 Å². The van der Waals surface area contributed by atoms with Gasteiger partial charge in [0.2, 0.25) is 5.91 Å². The van der Waals surface area contributed by atoms with Gasteiger partial charge in [-0.25, -0.2) is 0 Å². The summed E-state index contributed by atoms with van der Waals surface area (Å²) in [6.45, 7) is 3.21. The third kappa shape index (κ3) is 4.01. The molecule has 1 aliphatic heterocycles. The number of carbonyl (C=O) groups is 2. The Morgan fingerprint density at radius 3 is 2.57 bits per heavy atom. The topological polar surface area (TPSA) is 75.4 Å². The average Bonchev–Trinajstić information content (AvgIpc) is 2.47. The number of nitrogens with zero attached hydrogens (tertiary/aromatic N) is 1. The molecule has 112 valence electrons. The summed E-state index contributed by atoms with van der Waals surface area (Å²) < 4.78 is 0. The normalized spacial score (nSPS) is 15.6. The summed E-state index contributed by atoms with van der Waals surface area (Å²) in [6.07, 6.45) is 1.35. The Morgan fingerprint density at radius 2 is 2.00 bits per heavy atom. The van der Waals surface area contributed by atoms with Crippen LogP contribution in [0.2, 0.25) is 0 Å². The summed E-state index contributed by atoms with van der Waals surface area (Å²) in [6, 6.07) is 7.34. The summed E-state index contributed by atoms with van der Waals surface area (Å²) in [5.41, 5.74) is 6.91. The van der Waals surface area contributed by atoms with Gasteiger partial charge in [0.25, 0.3) is 5.91 Å². The second kappa shape index (κ2) is 6.67. The molecule has 1 heterocycles. The number of piperidine rings is 1. The molecule has 1 saturated heterocycles. The van der Waals surface area contributed by atoms with Gasteiger partial charge in [0, 0.05) is 24.6 Å². The van der Waals surface area contributed by atoms with Crippen molar-refractivity contribution in [2.45, 2.75) is 19.8 Å². The van der Waals surface area contributed by atoms with Crippen LogP contribution in [0.25, 0.3) is 0 Å². The van der Waals surface area contributed by atoms with E-state index in [-0.39, 0.29) is 17.7 Å². The Bertz CT molecular complexity index is 566. The van der Waals surface area contributed by atoms with E-state index < -0.39 is 0 Å². The van der Waals surface area contributed by atoms with E-state index in [1.165, 1.54) is 0 Å². The number of thiocarbonyl (C=S) groups is 1. The zero-order valence-electron chi connectivity index (χ0n) is 12.0. The van der Waals surface area contributed by atoms with Crippen molar-refractivity contribution in [2.75, 3.05) is 13.1 Å². The molecule has 0 aliphatic carbocycles. The van der Waals surface area contributed by atoms with Crippen LogP contribution in [0.15, 0.2) is 24.3 Å². The number of aryl methyl sites for hydroxylation is 1. The van der Waals surface area contributed by atoms with Crippen LogP contribution in [-0.4, -0.2) is 34.9 Å². The summed E-state index contributed by atoms with van der Waals surface area (Å²) >= 11 is 5.27. The maximum Gasteiger partial charge on any atom is 0.257 e. The van der Waals surface area contributed by atoms with E-state index in [4.69, 9.17) is 18.0 Å². The maximum atomic E-state index is 12.1. The van der Waals surface area contributed by atoms with Gasteiger partial charge in [0.05, 0.1) is 0 Å². The fourth-order valence-electron chi connectivity index (χ4n) is 2.40. The van der Waals surface area contributed by atoms with E-state index in [1.54, 1.807) is 6.07 Å². The van der Waals surface area contributed by atoms with Crippen LogP contribution in [0.5, 0.6) is 0 Å². The quantitative estimate of drug-likeness (QED) is 0.805. The van der Waals surface area contributed by atoms with Crippen LogP contribution in [0.3, 0.4) is 0 Å². The Kier molecular flexibility index (Phi) is 4.90. The van der Waals surface area contributed by atoms with Crippen molar-refractivity contribution in [2.24, 2.45) is 11.7 Å². The van der Waals surface area contributed by atoms with Crippen LogP contribution in [0.4, 0.5) is 0 Å². The predicted molar refractivity (Wildman–Crippen MR) is 84.7 cm³/mol. The first-order valence-electron chi connectivity index (χ1n) is 6.93. The highest BCUT2D eigenvalue weighted by Gasteiger charge is 2.25. The highest BCUT2D eigenvalue weighted by Crippen LogP contribution is 2.16. The first kappa shape index (κ1) is 15.4. The number of carbonyl (C=O) groups excluding carboxylic acids is 2. The zero-order valence-corrected chi connectivity index (χ0v) is 12.8. The molecule has 1 fully saturated rings. The summed E-state index contributed by atoms with van der Waals surface area (Å²) in [4.78, 5) is 25.2. The first-order valence-corrected chi connectivity index (χ1v) is 7.34. The molecule has 0 saturated carbocycles. The molecule has 0 bridgehead atoms. The van der Waals surface area contributed by atoms with Gasteiger partial charge in [-0.3, -0.25) is 14.9 Å². The molecule has 0 atom stereocenters. The van der Waals surface area contributed by atoms with Crippen molar-refractivity contribution in [3.63, 3.8) is 0 Å². The van der Waals surface area contributed by atoms with E-state index in [9.17, 15) is 9.59 Å². The fourth-order valence-corrected chi connectivity index (χ4v) is 2.68. The summed E-state index contributed by atoms with van der Waals surface area (Å²) in [5.74, 6) is -0.554. The predicted octanol–water partition coefficient (Wildman–Crippen LogP) is 1.21. The Labute approximate surface area is 129 Å². The van der Waals surface area contributed by atoms with Crippen molar-refractivity contribution in [3.8, 4) is 0 Å². The second-order valence-corrected chi connectivity index (χ2v) is 5.68. The lowest BCUT2D eigenvalue weighted by Crippen LogP contribution is -2.47. The van der Waals surface area contributed by atoms with Gasteiger partial charge in [0.1, 0.15) is 0 Å². The third-order valence-electron chi connectivity index (χ3n) is 3.69. The number of benzene rings is 1. The van der Waals surface area contributed by atoms with Gasteiger partial charge in [0.15, 0.2) is 5.11 Å². The van der Waals surface area contributed by atoms with Crippen LogP contribution >= 0.6 is 12.2 Å². The van der Waals surface area contributed by atoms with Crippen LogP contribution < -0.4 is 11.1 Å². The number of nitrogens with one attached hydrogen (secondary N) is 1. The van der Waals surface area contributed by atoms with Crippen molar-refractivity contribution in [1.82, 2.24) is 10.2 Å². The number of likely N-dealkylation sites (tertiary alicyclic amines) is 1. The number of hydrogen-bond acceptors (Lipinski definition) is 3. The molecule has 0 aromatic heterocycles. The lowest BCUT2D eigenvalue weighted by molar-refractivity contribution is -0.122. The molecule has 6 heteroatoms. The highest BCUT2D eigenvalue weighted by atomic mass is 32.1. The molecule has 0 radical (unpaired) electrons. The molecule has 3 N–H and O–H groups in total. The average molecular weight is 305 g/mol. The molecule has 1 aromatic carbocycles. The van der Waals surface area contributed by atoms with Crippen molar-refractivity contribution in [3.05, 3.63) is 35.4 Å². The maximum absolute atomic E-state index is 12.1. The monoisotopic (exact) mass is 305 g/mol. The SMILES string of the molecule is Cc1cccc(C(=O)NC(=S)N2CCC(C(N)=O)CC2)c1. The Balaban J connectivity index is 1.90. The minimum absolute atomic E-state index is 0.0866. The molecule has 1 aliphatic rings. The second-order valence-electron chi connectivity index (χ2n) is 5.29. The first-order chi connectivity index (χ1) is 9.97. The van der Waals surface area contributed by atoms with Crippen molar-refractivity contribution >= 4 is 29.1 Å². The third-order valence-corrected chi connectivity index (χ3v) is 4.05. The van der Waals surface area contributed by atoms with E-state index >= 15 is 0 Å². The Hall–Kier alpha value is -1.95. The number of nitrogens with two attached hydrogens (primary N) is 1. The standard InChI is InChI=1S/C15H19N3O2S/c1-10-3-2-4-12(9-10)14(20)17-15(21)18-7-5-11(6-8-18)13(16)19/h2-4,9,11H,5-8H2,1H3,(H2,16,19)(H,17,20,21). The molecule has 2 amide bonds. The molecule has 1 aromatic rings. The van der Waals surface area contributed by atoms with Crippen LogP contribution in [-0.2, 0) is 4.79 Å². The van der Waals surface area contributed by atoms with Gasteiger partial charge in [-0.2, -0.15) is 0 Å². The number of hydrogen-bond donors (Lipinski definition) is 2. The molecular formula is C15H19N3O2S. The van der Waals surface area contributed by atoms with Gasteiger partial charge >= 0.3 is 0 Å². The lowest BCUT2D eigenvalue weighted by atomic mass is 9.97. The van der Waals surface area contributed by atoms with E-state index in [0.717, 1.165) is 5.56 Å². The summed E-state index contributed by atoms with van der Waals surface area (Å²) in [5, 5.41) is 3.15. The zero-order chi connectivity index (χ0) is 15.4. The van der Waals surface area contributed by atoms with Gasteiger partial charge in [-0.15, -0.1) is 0 Å². The minimum Gasteiger partial charge on any atom is -0.369 e. The molecule has 2 rings (SSSR count). The molecule has 0 spiro atoms. The van der Waals surface area contributed by atoms with Gasteiger partial charge in [-0.05, 0) is 44.1 Å². The van der Waals surface area contributed by atoms with Crippen LogP contribution in [0, 0.1) is 12.8 Å². The van der Waals surface area contributed by atoms with Crippen molar-refractivity contribution in [1.29, 1.82) is 0 Å². The molecular weight excluding hydrogens is 286 g/mol. The van der Waals surface area contributed by atoms with Crippen LogP contribution in [0.1, 0.15) is 28.8 Å². The minimum atomic E-state index is -0.260. The van der Waals surface area contributed by atoms with Gasteiger partial charge in [-0.1, -0.05) is 17.7 Å². The Morgan fingerprint density at radius 1 is 1.33 bits per heavy atom. The molecule has 5 nitrogen and oxygen atoms in total. The van der Waals surface area contributed by atoms with Gasteiger partial charge < -0.3 is 10.6 Å². The highest BCUT2D eigenvalue weighted by molar-refractivity contribution is 7.80. The number of rotatable bonds is 2. The number of primary amides is 1.